The molecule has 0 aromatic heterocycles. The fraction of sp³-hybridized carbons (Fsp3) is 0.462. The minimum atomic E-state index is -0.0593. The van der Waals surface area contributed by atoms with Crippen LogP contribution in [0.25, 0.3) is 0 Å². The Morgan fingerprint density at radius 3 is 2.18 bits per heavy atom. The van der Waals surface area contributed by atoms with Crippen LogP contribution in [0.3, 0.4) is 0 Å². The van der Waals surface area contributed by atoms with Crippen molar-refractivity contribution >= 4 is 11.6 Å². The third kappa shape index (κ3) is 3.75. The van der Waals surface area contributed by atoms with Crippen molar-refractivity contribution in [2.75, 3.05) is 5.43 Å². The lowest BCUT2D eigenvalue weighted by atomic mass is 9.88. The van der Waals surface area contributed by atoms with Crippen molar-refractivity contribution in [2.45, 2.75) is 33.7 Å². The molecule has 0 heterocycles. The summed E-state index contributed by atoms with van der Waals surface area (Å²) in [5, 5.41) is 2.98. The van der Waals surface area contributed by atoms with Gasteiger partial charge in [0.25, 0.3) is 5.91 Å². The number of hydrazine groups is 1. The number of rotatable bonds is 3. The van der Waals surface area contributed by atoms with Gasteiger partial charge in [-0.25, -0.2) is 0 Å². The van der Waals surface area contributed by atoms with Crippen molar-refractivity contribution in [3.05, 3.63) is 29.8 Å². The molecule has 0 radical (unpaired) electrons. The van der Waals surface area contributed by atoms with Gasteiger partial charge in [-0.15, -0.1) is 0 Å². The number of carbonyl (C=O) groups excluding carboxylic acids is 1. The molecule has 4 N–H and O–H groups in total. The molecule has 0 aliphatic heterocycles. The smallest absolute Gasteiger partial charge is 0.251 e. The zero-order valence-corrected chi connectivity index (χ0v) is 10.9. The molecule has 1 amide bonds. The number of amides is 1. The van der Waals surface area contributed by atoms with Crippen LogP contribution in [-0.2, 0) is 0 Å². The molecule has 17 heavy (non-hydrogen) atoms. The van der Waals surface area contributed by atoms with Crippen molar-refractivity contribution in [2.24, 2.45) is 11.3 Å². The summed E-state index contributed by atoms with van der Waals surface area (Å²) in [7, 11) is 0. The predicted octanol–water partition coefficient (Wildman–Crippen LogP) is 2.14. The molecular formula is C13H21N3O. The third-order valence-corrected chi connectivity index (χ3v) is 2.96. The number of hydrogen-bond acceptors (Lipinski definition) is 3. The van der Waals surface area contributed by atoms with Crippen molar-refractivity contribution in [1.29, 1.82) is 0 Å². The normalized spacial score (nSPS) is 13.0. The van der Waals surface area contributed by atoms with E-state index in [-0.39, 0.29) is 17.4 Å². The molecule has 0 bridgehead atoms. The Morgan fingerprint density at radius 1 is 1.24 bits per heavy atom. The van der Waals surface area contributed by atoms with Gasteiger partial charge in [-0.3, -0.25) is 10.6 Å². The Balaban J connectivity index is 2.70. The fourth-order valence-corrected chi connectivity index (χ4v) is 1.21. The second-order valence-electron chi connectivity index (χ2n) is 5.28. The highest BCUT2D eigenvalue weighted by atomic mass is 16.1. The number of nitrogen functional groups attached to an aromatic ring is 1. The molecule has 1 rings (SSSR count). The Hall–Kier alpha value is -1.55. The van der Waals surface area contributed by atoms with Gasteiger partial charge < -0.3 is 10.7 Å². The number of nitrogens with two attached hydrogens (primary N) is 1. The first-order chi connectivity index (χ1) is 7.84. The van der Waals surface area contributed by atoms with Crippen LogP contribution in [0.5, 0.6) is 0 Å². The number of carbonyl (C=O) groups is 1. The van der Waals surface area contributed by atoms with Crippen LogP contribution in [0.4, 0.5) is 5.69 Å². The van der Waals surface area contributed by atoms with Gasteiger partial charge in [0.05, 0.1) is 0 Å². The number of nitrogens with one attached hydrogen (secondary N) is 2. The average molecular weight is 235 g/mol. The minimum Gasteiger partial charge on any atom is -0.349 e. The van der Waals surface area contributed by atoms with E-state index in [1.807, 2.05) is 6.92 Å². The zero-order valence-electron chi connectivity index (χ0n) is 10.9. The minimum absolute atomic E-state index is 0.0500. The van der Waals surface area contributed by atoms with Crippen LogP contribution in [0, 0.1) is 5.41 Å². The summed E-state index contributed by atoms with van der Waals surface area (Å²) >= 11 is 0. The maximum Gasteiger partial charge on any atom is 0.251 e. The van der Waals surface area contributed by atoms with E-state index in [9.17, 15) is 4.79 Å². The lowest BCUT2D eigenvalue weighted by Crippen LogP contribution is -2.41. The molecule has 1 unspecified atom stereocenters. The lowest BCUT2D eigenvalue weighted by Gasteiger charge is -2.28. The quantitative estimate of drug-likeness (QED) is 0.555. The van der Waals surface area contributed by atoms with Crippen LogP contribution in [0.2, 0.25) is 0 Å². The zero-order chi connectivity index (χ0) is 13.1. The standard InChI is InChI=1S/C13H21N3O/c1-9(13(2,3)4)15-12(17)10-5-7-11(16-14)8-6-10/h5-9,16H,14H2,1-4H3,(H,15,17). The third-order valence-electron chi connectivity index (χ3n) is 2.96. The average Bonchev–Trinajstić information content (AvgIpc) is 2.27. The van der Waals surface area contributed by atoms with Gasteiger partial charge >= 0.3 is 0 Å². The largest absolute Gasteiger partial charge is 0.349 e. The molecular weight excluding hydrogens is 214 g/mol. The molecule has 0 aliphatic carbocycles. The Kier molecular flexibility index (Phi) is 4.12. The molecule has 1 atom stereocenters. The highest BCUT2D eigenvalue weighted by Crippen LogP contribution is 2.19. The van der Waals surface area contributed by atoms with Crippen molar-refractivity contribution in [3.8, 4) is 0 Å². The summed E-state index contributed by atoms with van der Waals surface area (Å²) in [6.07, 6.45) is 0. The highest BCUT2D eigenvalue weighted by Gasteiger charge is 2.21. The first kappa shape index (κ1) is 13.5. The van der Waals surface area contributed by atoms with Gasteiger partial charge in [0.15, 0.2) is 0 Å². The monoisotopic (exact) mass is 235 g/mol. The lowest BCUT2D eigenvalue weighted by molar-refractivity contribution is 0.0910. The summed E-state index contributed by atoms with van der Waals surface area (Å²) in [5.74, 6) is 5.20. The Labute approximate surface area is 103 Å². The molecule has 4 nitrogen and oxygen atoms in total. The van der Waals surface area contributed by atoms with E-state index in [1.165, 1.54) is 0 Å². The van der Waals surface area contributed by atoms with Gasteiger partial charge in [-0.05, 0) is 36.6 Å². The summed E-state index contributed by atoms with van der Waals surface area (Å²) in [5.41, 5.74) is 4.00. The number of hydrogen-bond donors (Lipinski definition) is 3. The van der Waals surface area contributed by atoms with E-state index in [1.54, 1.807) is 24.3 Å². The van der Waals surface area contributed by atoms with Gasteiger partial charge in [0.1, 0.15) is 0 Å². The van der Waals surface area contributed by atoms with Gasteiger partial charge in [0.2, 0.25) is 0 Å². The molecule has 1 aromatic carbocycles. The summed E-state index contributed by atoms with van der Waals surface area (Å²) in [6.45, 7) is 8.30. The summed E-state index contributed by atoms with van der Waals surface area (Å²) in [4.78, 5) is 11.9. The van der Waals surface area contributed by atoms with Crippen molar-refractivity contribution in [3.63, 3.8) is 0 Å². The molecule has 0 fully saturated rings. The van der Waals surface area contributed by atoms with E-state index < -0.39 is 0 Å². The molecule has 4 heteroatoms. The highest BCUT2D eigenvalue weighted by molar-refractivity contribution is 5.94. The first-order valence-corrected chi connectivity index (χ1v) is 5.72. The topological polar surface area (TPSA) is 67.2 Å². The van der Waals surface area contributed by atoms with Crippen molar-refractivity contribution < 1.29 is 4.79 Å². The van der Waals surface area contributed by atoms with Gasteiger partial charge in [-0.2, -0.15) is 0 Å². The van der Waals surface area contributed by atoms with E-state index in [0.29, 0.717) is 5.56 Å². The summed E-state index contributed by atoms with van der Waals surface area (Å²) in [6, 6.07) is 7.16. The van der Waals surface area contributed by atoms with Crippen LogP contribution in [0.15, 0.2) is 24.3 Å². The molecule has 94 valence electrons. The molecule has 0 aliphatic rings. The van der Waals surface area contributed by atoms with Crippen LogP contribution >= 0.6 is 0 Å². The van der Waals surface area contributed by atoms with E-state index in [2.05, 4.69) is 31.5 Å². The summed E-state index contributed by atoms with van der Waals surface area (Å²) < 4.78 is 0. The van der Waals surface area contributed by atoms with Crippen LogP contribution < -0.4 is 16.6 Å². The Morgan fingerprint density at radius 2 is 1.76 bits per heavy atom. The molecule has 0 saturated heterocycles. The molecule has 0 saturated carbocycles. The Bertz CT molecular complexity index is 379. The van der Waals surface area contributed by atoms with E-state index >= 15 is 0 Å². The number of benzene rings is 1. The van der Waals surface area contributed by atoms with Crippen LogP contribution in [-0.4, -0.2) is 11.9 Å². The van der Waals surface area contributed by atoms with Gasteiger partial charge in [0, 0.05) is 17.3 Å². The van der Waals surface area contributed by atoms with E-state index in [0.717, 1.165) is 5.69 Å². The molecule has 1 aromatic rings. The van der Waals surface area contributed by atoms with Gasteiger partial charge in [-0.1, -0.05) is 20.8 Å². The van der Waals surface area contributed by atoms with Crippen molar-refractivity contribution in [1.82, 2.24) is 5.32 Å². The predicted molar refractivity (Wildman–Crippen MR) is 70.6 cm³/mol. The maximum absolute atomic E-state index is 11.9. The molecule has 0 spiro atoms. The second kappa shape index (κ2) is 5.19. The number of anilines is 1. The van der Waals surface area contributed by atoms with Crippen LogP contribution in [0.1, 0.15) is 38.1 Å². The first-order valence-electron chi connectivity index (χ1n) is 5.72. The second-order valence-corrected chi connectivity index (χ2v) is 5.28. The fourth-order valence-electron chi connectivity index (χ4n) is 1.21. The SMILES string of the molecule is CC(NC(=O)c1ccc(NN)cc1)C(C)(C)C. The maximum atomic E-state index is 11.9. The van der Waals surface area contributed by atoms with E-state index in [4.69, 9.17) is 5.84 Å².